The van der Waals surface area contributed by atoms with Crippen LogP contribution in [-0.2, 0) is 55.0 Å². The molecule has 1 aromatic rings. The van der Waals surface area contributed by atoms with Crippen LogP contribution in [0.5, 0.6) is 0 Å². The fourth-order valence-corrected chi connectivity index (χ4v) is 8.09. The summed E-state index contributed by atoms with van der Waals surface area (Å²) in [7, 11) is 0. The number of aliphatic imine (C=N–C) groups is 1. The summed E-state index contributed by atoms with van der Waals surface area (Å²) in [5.41, 5.74) is 40.3. The summed E-state index contributed by atoms with van der Waals surface area (Å²) < 4.78 is 0. The zero-order chi connectivity index (χ0) is 57.8. The van der Waals surface area contributed by atoms with Gasteiger partial charge in [-0.15, -0.1) is 0 Å². The molecule has 0 saturated carbocycles. The second-order valence-electron chi connectivity index (χ2n) is 19.9. The van der Waals surface area contributed by atoms with Crippen molar-refractivity contribution in [3.8, 4) is 0 Å². The second-order valence-corrected chi connectivity index (χ2v) is 19.9. The van der Waals surface area contributed by atoms with Crippen molar-refractivity contribution in [3.63, 3.8) is 0 Å². The van der Waals surface area contributed by atoms with Crippen LogP contribution in [0.25, 0.3) is 0 Å². The largest absolute Gasteiger partial charge is 0.477 e. The van der Waals surface area contributed by atoms with Gasteiger partial charge in [0.1, 0.15) is 41.9 Å². The third kappa shape index (κ3) is 23.6. The van der Waals surface area contributed by atoms with E-state index in [9.17, 15) is 53.4 Å². The summed E-state index contributed by atoms with van der Waals surface area (Å²) >= 11 is 0. The van der Waals surface area contributed by atoms with Crippen molar-refractivity contribution in [2.24, 2.45) is 45.1 Å². The summed E-state index contributed by atoms with van der Waals surface area (Å²) in [6.45, 7) is 7.34. The first kappa shape index (κ1) is 66.3. The number of hydrogen-bond donors (Lipinski definition) is 16. The van der Waals surface area contributed by atoms with E-state index in [2.05, 4.69) is 42.2 Å². The molecule has 1 saturated heterocycles. The van der Waals surface area contributed by atoms with E-state index in [1.807, 2.05) is 45.0 Å². The number of aliphatic carboxylic acids is 1. The van der Waals surface area contributed by atoms with Gasteiger partial charge < -0.3 is 92.5 Å². The molecule has 0 aliphatic carbocycles. The molecule has 27 nitrogen and oxygen atoms in total. The number of carbonyl (C=O) groups is 9. The van der Waals surface area contributed by atoms with Crippen LogP contribution in [0.1, 0.15) is 109 Å². The SMILES string of the molecule is C[C@H](NC(=O)[C@@H](NC(=O)[C@@H](N)CCCCN)[C@@H](O)CN)C(=O)NCC(=O)N[C@H](CCCN)C(=O)N1CCC[C@H]1C(=O)N[C@@H](Cc1ccc(C(C)(C)C)cc1)C(=O)N[C@@H](CCCCN)C(=O)N/C(=C\CCN=C(N)N)C(=O)O. The molecule has 8 atom stereocenters. The van der Waals surface area contributed by atoms with E-state index in [1.54, 1.807) is 0 Å². The second kappa shape index (κ2) is 34.1. The molecular weight excluding hydrogens is 1000 g/mol. The maximum atomic E-state index is 14.4. The summed E-state index contributed by atoms with van der Waals surface area (Å²) in [5.74, 6) is -7.87. The van der Waals surface area contributed by atoms with Gasteiger partial charge in [0, 0.05) is 26.1 Å². The quantitative estimate of drug-likeness (QED) is 0.0134. The van der Waals surface area contributed by atoms with Gasteiger partial charge in [-0.25, -0.2) is 4.79 Å². The normalized spacial score (nSPS) is 16.3. The smallest absolute Gasteiger partial charge is 0.352 e. The number of nitrogens with two attached hydrogens (primary N) is 7. The summed E-state index contributed by atoms with van der Waals surface area (Å²) in [5, 5.41) is 37.9. The Morgan fingerprint density at radius 2 is 1.38 bits per heavy atom. The Morgan fingerprint density at radius 1 is 0.753 bits per heavy atom. The van der Waals surface area contributed by atoms with Crippen molar-refractivity contribution in [3.05, 3.63) is 47.2 Å². The molecule has 77 heavy (non-hydrogen) atoms. The summed E-state index contributed by atoms with van der Waals surface area (Å²) in [6, 6.07) is -1.32. The van der Waals surface area contributed by atoms with Crippen molar-refractivity contribution in [1.82, 2.24) is 42.1 Å². The molecule has 23 N–H and O–H groups in total. The van der Waals surface area contributed by atoms with Gasteiger partial charge in [0.15, 0.2) is 5.96 Å². The van der Waals surface area contributed by atoms with Gasteiger partial charge in [0.05, 0.1) is 18.7 Å². The Morgan fingerprint density at radius 3 is 1.96 bits per heavy atom. The van der Waals surface area contributed by atoms with Gasteiger partial charge in [-0.1, -0.05) is 57.5 Å². The average Bonchev–Trinajstić information content (AvgIpc) is 3.88. The fraction of sp³-hybridized carbons (Fsp3) is 0.640. The Kier molecular flexibility index (Phi) is 29.4. The molecule has 0 spiro atoms. The minimum absolute atomic E-state index is 0.0456. The number of rotatable bonds is 34. The van der Waals surface area contributed by atoms with Gasteiger partial charge in [-0.3, -0.25) is 43.3 Å². The van der Waals surface area contributed by atoms with Crippen LogP contribution in [0.15, 0.2) is 41.0 Å². The lowest BCUT2D eigenvalue weighted by molar-refractivity contribution is -0.142. The standard InChI is InChI=1S/C50H86N16O11/c1-29(60-46(74)40(38(67)27-54)65-42(70)32(55)12-5-7-21-51)41(69)59-28-39(68)61-34(14-9-23-53)47(75)66-25-11-16-37(66)45(73)64-36(26-30-17-19-31(20-18-30)50(2,3)4)44(72)62-33(13-6-8-22-52)43(71)63-35(48(76)77)15-10-24-58-49(56)57/h15,17-20,29,32-34,36-38,40,67H,5-14,16,21-28,51-55H2,1-4H3,(H,59,69)(H,60,74)(H,61,68)(H,62,72)(H,63,71)(H,64,73)(H,65,70)(H,76,77)(H4,56,57,58)/b35-15-/t29-,32-,33-,34+,36-,37-,38-,40-/m0/s1. The van der Waals surface area contributed by atoms with Gasteiger partial charge in [0.25, 0.3) is 0 Å². The lowest BCUT2D eigenvalue weighted by Crippen LogP contribution is -2.60. The lowest BCUT2D eigenvalue weighted by atomic mass is 9.86. The first-order chi connectivity index (χ1) is 36.4. The predicted octanol–water partition coefficient (Wildman–Crippen LogP) is -4.53. The van der Waals surface area contributed by atoms with E-state index >= 15 is 0 Å². The number of aliphatic hydroxyl groups is 1. The lowest BCUT2D eigenvalue weighted by Gasteiger charge is -2.30. The van der Waals surface area contributed by atoms with Crippen LogP contribution in [0, 0.1) is 0 Å². The monoisotopic (exact) mass is 1090 g/mol. The zero-order valence-corrected chi connectivity index (χ0v) is 44.9. The Bertz CT molecular complexity index is 2190. The number of amides is 8. The van der Waals surface area contributed by atoms with Crippen LogP contribution in [0.3, 0.4) is 0 Å². The van der Waals surface area contributed by atoms with E-state index in [-0.39, 0.29) is 82.5 Å². The molecule has 1 heterocycles. The molecular formula is C50H86N16O11. The number of likely N-dealkylation sites (tertiary alicyclic amines) is 1. The van der Waals surface area contributed by atoms with Crippen molar-refractivity contribution in [1.29, 1.82) is 0 Å². The highest BCUT2D eigenvalue weighted by molar-refractivity contribution is 5.99. The van der Waals surface area contributed by atoms with E-state index in [1.165, 1.54) is 17.9 Å². The number of nitrogens with one attached hydrogen (secondary N) is 7. The summed E-state index contributed by atoms with van der Waals surface area (Å²) in [4.78, 5) is 126. The molecule has 0 bridgehead atoms. The third-order valence-corrected chi connectivity index (χ3v) is 12.6. The molecule has 8 amide bonds. The number of unbranched alkanes of at least 4 members (excludes halogenated alkanes) is 2. The van der Waals surface area contributed by atoms with E-state index in [4.69, 9.17) is 40.1 Å². The van der Waals surface area contributed by atoms with Crippen LogP contribution < -0.4 is 77.4 Å². The van der Waals surface area contributed by atoms with E-state index in [0.29, 0.717) is 44.2 Å². The van der Waals surface area contributed by atoms with Crippen molar-refractivity contribution < 1.29 is 53.4 Å². The molecule has 432 valence electrons. The molecule has 27 heteroatoms. The molecule has 1 aliphatic rings. The highest BCUT2D eigenvalue weighted by atomic mass is 16.4. The number of aliphatic hydroxyl groups excluding tert-OH is 1. The van der Waals surface area contributed by atoms with Crippen molar-refractivity contribution in [2.45, 2.75) is 159 Å². The van der Waals surface area contributed by atoms with Gasteiger partial charge in [0.2, 0.25) is 47.3 Å². The van der Waals surface area contributed by atoms with Crippen molar-refractivity contribution in [2.75, 3.05) is 45.8 Å². The highest BCUT2D eigenvalue weighted by Gasteiger charge is 2.40. The predicted molar refractivity (Wildman–Crippen MR) is 288 cm³/mol. The Hall–Kier alpha value is -6.78. The number of carboxylic acids is 1. The first-order valence-electron chi connectivity index (χ1n) is 26.1. The van der Waals surface area contributed by atoms with Crippen LogP contribution in [0.2, 0.25) is 0 Å². The van der Waals surface area contributed by atoms with Crippen LogP contribution in [0.4, 0.5) is 0 Å². The minimum atomic E-state index is -1.56. The van der Waals surface area contributed by atoms with Gasteiger partial charge in [-0.05, 0) is 107 Å². The number of guanidine groups is 1. The molecule has 0 aromatic heterocycles. The molecule has 0 radical (unpaired) electrons. The zero-order valence-electron chi connectivity index (χ0n) is 44.9. The Balaban J connectivity index is 2.32. The summed E-state index contributed by atoms with van der Waals surface area (Å²) in [6.07, 6.45) is 2.97. The molecule has 0 unspecified atom stereocenters. The van der Waals surface area contributed by atoms with Crippen LogP contribution in [-0.4, -0.2) is 169 Å². The number of benzene rings is 1. The first-order valence-corrected chi connectivity index (χ1v) is 26.1. The number of hydrogen-bond acceptors (Lipinski definition) is 16. The van der Waals surface area contributed by atoms with Gasteiger partial charge >= 0.3 is 5.97 Å². The minimum Gasteiger partial charge on any atom is -0.477 e. The topological polar surface area (TPSA) is 476 Å². The highest BCUT2D eigenvalue weighted by Crippen LogP contribution is 2.24. The van der Waals surface area contributed by atoms with E-state index in [0.717, 1.165) is 5.56 Å². The Labute approximate surface area is 450 Å². The molecule has 1 aliphatic heterocycles. The number of nitrogens with zero attached hydrogens (tertiary/aromatic N) is 2. The van der Waals surface area contributed by atoms with E-state index < -0.39 is 120 Å². The maximum Gasteiger partial charge on any atom is 0.352 e. The molecule has 1 aromatic carbocycles. The van der Waals surface area contributed by atoms with Gasteiger partial charge in [-0.2, -0.15) is 0 Å². The molecule has 1 fully saturated rings. The maximum absolute atomic E-state index is 14.4. The third-order valence-electron chi connectivity index (χ3n) is 12.6. The number of carboxylic acid groups (broad SMARTS) is 1. The molecule has 2 rings (SSSR count). The fourth-order valence-electron chi connectivity index (χ4n) is 8.09. The average molecular weight is 1090 g/mol. The van der Waals surface area contributed by atoms with Crippen molar-refractivity contribution >= 4 is 59.2 Å². The number of carbonyl (C=O) groups excluding carboxylic acids is 8. The van der Waals surface area contributed by atoms with Crippen LogP contribution >= 0.6 is 0 Å².